The van der Waals surface area contributed by atoms with Gasteiger partial charge in [0, 0.05) is 11.1 Å². The lowest BCUT2D eigenvalue weighted by Gasteiger charge is -2.07. The summed E-state index contributed by atoms with van der Waals surface area (Å²) in [6, 6.07) is 10.3. The first kappa shape index (κ1) is 18.8. The van der Waals surface area contributed by atoms with Crippen LogP contribution >= 0.6 is 11.6 Å². The normalized spacial score (nSPS) is 12.0. The summed E-state index contributed by atoms with van der Waals surface area (Å²) in [5.74, 6) is 0. The molecular weight excluding hydrogens is 368 g/mol. The summed E-state index contributed by atoms with van der Waals surface area (Å²) in [6.07, 6.45) is 0.567. The van der Waals surface area contributed by atoms with Crippen LogP contribution in [0.2, 0.25) is 5.02 Å². The maximum Gasteiger partial charge on any atom is 0.295 e. The van der Waals surface area contributed by atoms with Gasteiger partial charge in [0.1, 0.15) is 5.69 Å². The summed E-state index contributed by atoms with van der Waals surface area (Å²) < 4.78 is 22.7. The smallest absolute Gasteiger partial charge is 0.271 e. The summed E-state index contributed by atoms with van der Waals surface area (Å²) in [7, 11) is -4.04. The molecule has 25 heavy (non-hydrogen) atoms. The number of nitrogens with two attached hydrogens (primary N) is 1. The molecule has 8 nitrogen and oxygen atoms in total. The third-order valence-electron chi connectivity index (χ3n) is 3.32. The van der Waals surface area contributed by atoms with Gasteiger partial charge < -0.3 is 0 Å². The van der Waals surface area contributed by atoms with Crippen molar-refractivity contribution in [2.24, 2.45) is 10.2 Å². The zero-order valence-electron chi connectivity index (χ0n) is 13.1. The molecule has 2 aromatic rings. The molecule has 0 spiro atoms. The first-order valence-electron chi connectivity index (χ1n) is 7.12. The summed E-state index contributed by atoms with van der Waals surface area (Å²) in [6.45, 7) is 1.88. The predicted octanol–water partition coefficient (Wildman–Crippen LogP) is 3.12. The fourth-order valence-corrected chi connectivity index (χ4v) is 2.71. The van der Waals surface area contributed by atoms with Gasteiger partial charge in [-0.2, -0.15) is 5.10 Å². The van der Waals surface area contributed by atoms with Gasteiger partial charge in [0.2, 0.25) is 10.0 Å². The van der Waals surface area contributed by atoms with Crippen molar-refractivity contribution in [1.29, 1.82) is 0 Å². The van der Waals surface area contributed by atoms with Gasteiger partial charge in [-0.15, -0.1) is 0 Å². The predicted molar refractivity (Wildman–Crippen MR) is 96.4 cm³/mol. The number of hydrazone groups is 1. The Morgan fingerprint density at radius 3 is 2.44 bits per heavy atom. The first-order chi connectivity index (χ1) is 11.7. The van der Waals surface area contributed by atoms with Gasteiger partial charge in [-0.25, -0.2) is 13.6 Å². The third-order valence-corrected chi connectivity index (χ3v) is 4.48. The second kappa shape index (κ2) is 7.60. The maximum atomic E-state index is 11.3. The molecule has 0 aliphatic carbocycles. The molecule has 2 rings (SSSR count). The van der Waals surface area contributed by atoms with Crippen molar-refractivity contribution >= 4 is 38.7 Å². The van der Waals surface area contributed by atoms with Crippen LogP contribution in [0.3, 0.4) is 0 Å². The zero-order valence-corrected chi connectivity index (χ0v) is 14.7. The van der Waals surface area contributed by atoms with E-state index in [-0.39, 0.29) is 10.6 Å². The highest BCUT2D eigenvalue weighted by molar-refractivity contribution is 7.89. The quantitative estimate of drug-likeness (QED) is 0.450. The Bertz CT molecular complexity index is 927. The monoisotopic (exact) mass is 382 g/mol. The van der Waals surface area contributed by atoms with Gasteiger partial charge in [-0.3, -0.25) is 15.5 Å². The SMILES string of the molecule is CC/C(=N/Nc1ccc(S(N)(=O)=O)cc1[N+](=O)[O-])c1ccc(Cl)cc1. The Morgan fingerprint density at radius 1 is 1.28 bits per heavy atom. The molecule has 0 aromatic heterocycles. The van der Waals surface area contributed by atoms with Crippen molar-refractivity contribution in [1.82, 2.24) is 0 Å². The number of nitrogens with one attached hydrogen (secondary N) is 1. The number of benzene rings is 2. The lowest BCUT2D eigenvalue weighted by Crippen LogP contribution is -2.12. The summed E-state index contributed by atoms with van der Waals surface area (Å²) in [4.78, 5) is 10.1. The number of nitrogens with zero attached hydrogens (tertiary/aromatic N) is 2. The lowest BCUT2D eigenvalue weighted by atomic mass is 10.1. The van der Waals surface area contributed by atoms with E-state index in [1.54, 1.807) is 24.3 Å². The highest BCUT2D eigenvalue weighted by Gasteiger charge is 2.19. The van der Waals surface area contributed by atoms with Crippen LogP contribution in [0.1, 0.15) is 18.9 Å². The van der Waals surface area contributed by atoms with Crippen LogP contribution in [0.25, 0.3) is 0 Å². The van der Waals surface area contributed by atoms with Crippen molar-refractivity contribution in [2.45, 2.75) is 18.2 Å². The van der Waals surface area contributed by atoms with Crippen LogP contribution in [-0.2, 0) is 10.0 Å². The Hall–Kier alpha value is -2.49. The highest BCUT2D eigenvalue weighted by Crippen LogP contribution is 2.27. The molecule has 0 aliphatic rings. The minimum Gasteiger partial charge on any atom is -0.271 e. The van der Waals surface area contributed by atoms with E-state index >= 15 is 0 Å². The number of rotatable bonds is 6. The number of nitro groups is 1. The topological polar surface area (TPSA) is 128 Å². The highest BCUT2D eigenvalue weighted by atomic mass is 35.5. The van der Waals surface area contributed by atoms with Crippen LogP contribution in [0.15, 0.2) is 52.5 Å². The van der Waals surface area contributed by atoms with E-state index in [9.17, 15) is 18.5 Å². The fraction of sp³-hybridized carbons (Fsp3) is 0.133. The molecule has 0 heterocycles. The Balaban J connectivity index is 2.38. The van der Waals surface area contributed by atoms with E-state index in [0.29, 0.717) is 17.2 Å². The molecule has 0 fully saturated rings. The number of primary sulfonamides is 1. The minimum absolute atomic E-state index is 0.0531. The van der Waals surface area contributed by atoms with Crippen molar-refractivity contribution in [2.75, 3.05) is 5.43 Å². The summed E-state index contributed by atoms with van der Waals surface area (Å²) in [5.41, 5.74) is 3.69. The van der Waals surface area contributed by atoms with Gasteiger partial charge >= 0.3 is 0 Å². The van der Waals surface area contributed by atoms with Crippen LogP contribution in [0, 0.1) is 10.1 Å². The molecule has 0 saturated carbocycles. The van der Waals surface area contributed by atoms with E-state index in [4.69, 9.17) is 16.7 Å². The number of hydrogen-bond donors (Lipinski definition) is 2. The third kappa shape index (κ3) is 4.75. The van der Waals surface area contributed by atoms with Crippen molar-refractivity contribution in [3.8, 4) is 0 Å². The van der Waals surface area contributed by atoms with E-state index < -0.39 is 20.6 Å². The zero-order chi connectivity index (χ0) is 18.6. The molecular formula is C15H15ClN4O4S. The van der Waals surface area contributed by atoms with Gasteiger partial charge in [0.15, 0.2) is 0 Å². The number of halogens is 1. The average Bonchev–Trinajstić information content (AvgIpc) is 2.56. The molecule has 132 valence electrons. The number of nitro benzene ring substituents is 1. The Labute approximate surface area is 149 Å². The molecule has 0 aliphatic heterocycles. The maximum absolute atomic E-state index is 11.3. The Kier molecular flexibility index (Phi) is 5.73. The average molecular weight is 383 g/mol. The molecule has 0 amide bonds. The van der Waals surface area contributed by atoms with Gasteiger partial charge in [0.05, 0.1) is 15.5 Å². The lowest BCUT2D eigenvalue weighted by molar-refractivity contribution is -0.384. The number of anilines is 1. The van der Waals surface area contributed by atoms with Gasteiger partial charge in [-0.1, -0.05) is 30.7 Å². The van der Waals surface area contributed by atoms with Crippen LogP contribution in [0.4, 0.5) is 11.4 Å². The molecule has 10 heteroatoms. The van der Waals surface area contributed by atoms with Crippen LogP contribution < -0.4 is 10.6 Å². The largest absolute Gasteiger partial charge is 0.295 e. The summed E-state index contributed by atoms with van der Waals surface area (Å²) >= 11 is 5.85. The second-order valence-electron chi connectivity index (χ2n) is 5.01. The Morgan fingerprint density at radius 2 is 1.92 bits per heavy atom. The van der Waals surface area contributed by atoms with Crippen molar-refractivity contribution in [3.05, 3.63) is 63.2 Å². The molecule has 2 aromatic carbocycles. The van der Waals surface area contributed by atoms with E-state index in [2.05, 4.69) is 10.5 Å². The standard InChI is InChI=1S/C15H15ClN4O4S/c1-2-13(10-3-5-11(16)6-4-10)18-19-14-8-7-12(25(17,23)24)9-15(14)20(21)22/h3-9,19H,2H2,1H3,(H2,17,23,24)/b18-13-. The van der Waals surface area contributed by atoms with Crippen molar-refractivity contribution < 1.29 is 13.3 Å². The van der Waals surface area contributed by atoms with E-state index in [1.165, 1.54) is 12.1 Å². The van der Waals surface area contributed by atoms with Crippen LogP contribution in [-0.4, -0.2) is 19.1 Å². The van der Waals surface area contributed by atoms with E-state index in [0.717, 1.165) is 11.6 Å². The molecule has 0 radical (unpaired) electrons. The first-order valence-corrected chi connectivity index (χ1v) is 9.04. The number of hydrogen-bond acceptors (Lipinski definition) is 6. The van der Waals surface area contributed by atoms with Gasteiger partial charge in [-0.05, 0) is 36.2 Å². The summed E-state index contributed by atoms with van der Waals surface area (Å²) in [5, 5.41) is 21.0. The molecule has 0 unspecified atom stereocenters. The molecule has 0 atom stereocenters. The van der Waals surface area contributed by atoms with Crippen LogP contribution in [0.5, 0.6) is 0 Å². The van der Waals surface area contributed by atoms with E-state index in [1.807, 2.05) is 6.92 Å². The minimum atomic E-state index is -4.04. The molecule has 0 saturated heterocycles. The fourth-order valence-electron chi connectivity index (χ4n) is 2.05. The molecule has 0 bridgehead atoms. The molecule has 3 N–H and O–H groups in total. The number of sulfonamides is 1. The van der Waals surface area contributed by atoms with Crippen molar-refractivity contribution in [3.63, 3.8) is 0 Å². The second-order valence-corrected chi connectivity index (χ2v) is 7.01. The van der Waals surface area contributed by atoms with Gasteiger partial charge in [0.25, 0.3) is 5.69 Å².